The molecule has 74 valence electrons. The van der Waals surface area contributed by atoms with E-state index < -0.39 is 0 Å². The third kappa shape index (κ3) is 1.59. The van der Waals surface area contributed by atoms with Gasteiger partial charge in [0.1, 0.15) is 6.10 Å². The second kappa shape index (κ2) is 3.69. The molecule has 0 amide bonds. The summed E-state index contributed by atoms with van der Waals surface area (Å²) in [6.07, 6.45) is 7.80. The first-order valence-corrected chi connectivity index (χ1v) is 5.53. The Balaban J connectivity index is 1.89. The van der Waals surface area contributed by atoms with Crippen LogP contribution < -0.4 is 0 Å². The second-order valence-corrected chi connectivity index (χ2v) is 4.31. The third-order valence-electron chi connectivity index (χ3n) is 3.51. The van der Waals surface area contributed by atoms with Crippen LogP contribution in [0, 0.1) is 11.8 Å². The van der Waals surface area contributed by atoms with Crippen LogP contribution in [0.25, 0.3) is 0 Å². The topological polar surface area (TPSA) is 26.3 Å². The van der Waals surface area contributed by atoms with Gasteiger partial charge in [0.05, 0.1) is 5.92 Å². The van der Waals surface area contributed by atoms with Gasteiger partial charge in [0.2, 0.25) is 0 Å². The summed E-state index contributed by atoms with van der Waals surface area (Å²) in [6, 6.07) is 0. The van der Waals surface area contributed by atoms with Crippen molar-refractivity contribution in [3.8, 4) is 0 Å². The number of cyclic esters (lactones) is 1. The van der Waals surface area contributed by atoms with Crippen LogP contribution in [0.1, 0.15) is 45.4 Å². The molecule has 0 bridgehead atoms. The molecule has 1 aliphatic carbocycles. The first-order valence-electron chi connectivity index (χ1n) is 5.53. The average Bonchev–Trinajstić information content (AvgIpc) is 2.16. The van der Waals surface area contributed by atoms with Crippen molar-refractivity contribution in [2.24, 2.45) is 11.8 Å². The number of hydrogen-bond acceptors (Lipinski definition) is 2. The van der Waals surface area contributed by atoms with Crippen LogP contribution in [-0.2, 0) is 9.53 Å². The summed E-state index contributed by atoms with van der Waals surface area (Å²) in [5.74, 6) is 0.942. The highest BCUT2D eigenvalue weighted by Crippen LogP contribution is 2.38. The van der Waals surface area contributed by atoms with Crippen molar-refractivity contribution in [1.82, 2.24) is 0 Å². The SMILES string of the molecule is CC[C@H]1C(=O)O[C@H]1C1CCCCC1. The number of carbonyl (C=O) groups is 1. The van der Waals surface area contributed by atoms with Gasteiger partial charge in [-0.15, -0.1) is 0 Å². The Morgan fingerprint density at radius 3 is 2.54 bits per heavy atom. The largest absolute Gasteiger partial charge is 0.461 e. The highest BCUT2D eigenvalue weighted by molar-refractivity contribution is 5.78. The van der Waals surface area contributed by atoms with Gasteiger partial charge < -0.3 is 4.74 Å². The zero-order valence-electron chi connectivity index (χ0n) is 8.29. The lowest BCUT2D eigenvalue weighted by atomic mass is 9.77. The molecule has 13 heavy (non-hydrogen) atoms. The molecule has 0 aromatic carbocycles. The van der Waals surface area contributed by atoms with E-state index in [1.54, 1.807) is 0 Å². The molecule has 2 aliphatic rings. The monoisotopic (exact) mass is 182 g/mol. The first-order chi connectivity index (χ1) is 6.33. The Morgan fingerprint density at radius 1 is 1.31 bits per heavy atom. The van der Waals surface area contributed by atoms with Gasteiger partial charge in [-0.25, -0.2) is 0 Å². The Bertz CT molecular complexity index is 194. The molecule has 2 nitrogen and oxygen atoms in total. The first kappa shape index (κ1) is 9.04. The van der Waals surface area contributed by atoms with Crippen molar-refractivity contribution >= 4 is 5.97 Å². The van der Waals surface area contributed by atoms with Crippen molar-refractivity contribution in [3.05, 3.63) is 0 Å². The van der Waals surface area contributed by atoms with Crippen LogP contribution in [0.3, 0.4) is 0 Å². The van der Waals surface area contributed by atoms with Gasteiger partial charge in [-0.2, -0.15) is 0 Å². The van der Waals surface area contributed by atoms with Crippen LogP contribution in [0.15, 0.2) is 0 Å². The minimum atomic E-state index is 0.0399. The Morgan fingerprint density at radius 2 is 2.00 bits per heavy atom. The molecular formula is C11H18O2. The zero-order chi connectivity index (χ0) is 9.26. The molecule has 2 rings (SSSR count). The summed E-state index contributed by atoms with van der Waals surface area (Å²) in [7, 11) is 0. The van der Waals surface area contributed by atoms with Crippen LogP contribution in [0.5, 0.6) is 0 Å². The van der Waals surface area contributed by atoms with Crippen LogP contribution in [0.2, 0.25) is 0 Å². The van der Waals surface area contributed by atoms with Gasteiger partial charge >= 0.3 is 5.97 Å². The Kier molecular flexibility index (Phi) is 2.56. The van der Waals surface area contributed by atoms with Gasteiger partial charge in [0.25, 0.3) is 0 Å². The third-order valence-corrected chi connectivity index (χ3v) is 3.51. The van der Waals surface area contributed by atoms with Crippen LogP contribution in [-0.4, -0.2) is 12.1 Å². The molecule has 0 aromatic heterocycles. The smallest absolute Gasteiger partial charge is 0.313 e. The molecule has 2 atom stereocenters. The van der Waals surface area contributed by atoms with E-state index in [2.05, 4.69) is 6.92 Å². The number of carbonyl (C=O) groups excluding carboxylic acids is 1. The van der Waals surface area contributed by atoms with Gasteiger partial charge in [-0.3, -0.25) is 4.79 Å². The van der Waals surface area contributed by atoms with Crippen molar-refractivity contribution in [1.29, 1.82) is 0 Å². The summed E-state index contributed by atoms with van der Waals surface area (Å²) < 4.78 is 5.24. The maximum atomic E-state index is 11.1. The fraction of sp³-hybridized carbons (Fsp3) is 0.909. The normalized spacial score (nSPS) is 35.3. The van der Waals surface area contributed by atoms with Gasteiger partial charge in [-0.05, 0) is 25.2 Å². The molecule has 0 aromatic rings. The van der Waals surface area contributed by atoms with Gasteiger partial charge in [0.15, 0.2) is 0 Å². The highest BCUT2D eigenvalue weighted by Gasteiger charge is 2.45. The molecule has 2 heteroatoms. The van der Waals surface area contributed by atoms with E-state index in [1.165, 1.54) is 32.1 Å². The molecule has 1 aliphatic heterocycles. The molecule has 1 saturated carbocycles. The van der Waals surface area contributed by atoms with Gasteiger partial charge in [-0.1, -0.05) is 26.2 Å². The molecule has 1 saturated heterocycles. The lowest BCUT2D eigenvalue weighted by molar-refractivity contribution is -0.193. The lowest BCUT2D eigenvalue weighted by Gasteiger charge is -2.41. The van der Waals surface area contributed by atoms with E-state index >= 15 is 0 Å². The second-order valence-electron chi connectivity index (χ2n) is 4.31. The van der Waals surface area contributed by atoms with Crippen molar-refractivity contribution < 1.29 is 9.53 Å². The molecule has 0 radical (unpaired) electrons. The number of ether oxygens (including phenoxy) is 1. The minimum Gasteiger partial charge on any atom is -0.461 e. The summed E-state index contributed by atoms with van der Waals surface area (Å²) in [5, 5.41) is 0. The zero-order valence-corrected chi connectivity index (χ0v) is 8.29. The Hall–Kier alpha value is -0.530. The van der Waals surface area contributed by atoms with E-state index in [-0.39, 0.29) is 18.0 Å². The summed E-state index contributed by atoms with van der Waals surface area (Å²) in [4.78, 5) is 11.1. The molecule has 2 fully saturated rings. The van der Waals surface area contributed by atoms with Crippen LogP contribution in [0.4, 0.5) is 0 Å². The summed E-state index contributed by atoms with van der Waals surface area (Å²) in [6.45, 7) is 2.08. The number of rotatable bonds is 2. The molecule has 0 unspecified atom stereocenters. The maximum Gasteiger partial charge on any atom is 0.313 e. The molecular weight excluding hydrogens is 164 g/mol. The van der Waals surface area contributed by atoms with E-state index in [1.807, 2.05) is 0 Å². The van der Waals surface area contributed by atoms with E-state index in [0.717, 1.165) is 6.42 Å². The molecule has 1 heterocycles. The number of esters is 1. The molecule has 0 spiro atoms. The fourth-order valence-electron chi connectivity index (χ4n) is 2.65. The van der Waals surface area contributed by atoms with E-state index in [9.17, 15) is 4.79 Å². The van der Waals surface area contributed by atoms with Crippen molar-refractivity contribution in [3.63, 3.8) is 0 Å². The summed E-state index contributed by atoms with van der Waals surface area (Å²) >= 11 is 0. The average molecular weight is 182 g/mol. The standard InChI is InChI=1S/C11H18O2/c1-2-9-10(13-11(9)12)8-6-4-3-5-7-8/h8-10H,2-7H2,1H3/t9-,10+/m1/s1. The van der Waals surface area contributed by atoms with Crippen molar-refractivity contribution in [2.45, 2.75) is 51.6 Å². The van der Waals surface area contributed by atoms with Crippen LogP contribution >= 0.6 is 0 Å². The Labute approximate surface area is 79.7 Å². The predicted octanol–water partition coefficient (Wildman–Crippen LogP) is 2.52. The van der Waals surface area contributed by atoms with Crippen molar-refractivity contribution in [2.75, 3.05) is 0 Å². The fourth-order valence-corrected chi connectivity index (χ4v) is 2.65. The quantitative estimate of drug-likeness (QED) is 0.613. The van der Waals surface area contributed by atoms with Gasteiger partial charge in [0, 0.05) is 0 Å². The maximum absolute atomic E-state index is 11.1. The highest BCUT2D eigenvalue weighted by atomic mass is 16.6. The lowest BCUT2D eigenvalue weighted by Crippen LogP contribution is -2.49. The minimum absolute atomic E-state index is 0.0399. The van der Waals surface area contributed by atoms with E-state index in [4.69, 9.17) is 4.74 Å². The summed E-state index contributed by atoms with van der Waals surface area (Å²) in [5.41, 5.74) is 0. The molecule has 0 N–H and O–H groups in total. The predicted molar refractivity (Wildman–Crippen MR) is 50.2 cm³/mol. The van der Waals surface area contributed by atoms with E-state index in [0.29, 0.717) is 5.92 Å². The number of hydrogen-bond donors (Lipinski definition) is 0.